The van der Waals surface area contributed by atoms with Gasteiger partial charge in [0.25, 0.3) is 5.91 Å². The first-order chi connectivity index (χ1) is 12.7. The third-order valence-electron chi connectivity index (χ3n) is 4.24. The minimum absolute atomic E-state index is 0.0226. The van der Waals surface area contributed by atoms with Crippen LogP contribution in [0.25, 0.3) is 0 Å². The highest BCUT2D eigenvalue weighted by molar-refractivity contribution is 7.86. The Balaban J connectivity index is 2.25. The molecule has 0 aliphatic heterocycles. The van der Waals surface area contributed by atoms with Crippen molar-refractivity contribution >= 4 is 16.0 Å². The van der Waals surface area contributed by atoms with Crippen molar-refractivity contribution in [1.82, 2.24) is 4.90 Å². The summed E-state index contributed by atoms with van der Waals surface area (Å²) in [5.74, 6) is 0.665. The molecule has 0 spiro atoms. The van der Waals surface area contributed by atoms with Crippen LogP contribution in [0, 0.1) is 0 Å². The number of ether oxygens (including phenoxy) is 1. The molecule has 27 heavy (non-hydrogen) atoms. The van der Waals surface area contributed by atoms with Crippen LogP contribution in [0.2, 0.25) is 0 Å². The van der Waals surface area contributed by atoms with E-state index in [1.807, 2.05) is 26.0 Å². The third kappa shape index (κ3) is 5.72. The SMILES string of the molecule is CC[C@H](C)N(Cc1ccc(OS(C)(=O)=O)cc1)C(=O)c1ccccc1OC. The van der Waals surface area contributed by atoms with Gasteiger partial charge in [0.05, 0.1) is 18.9 Å². The second-order valence-corrected chi connectivity index (χ2v) is 7.90. The summed E-state index contributed by atoms with van der Waals surface area (Å²) in [5, 5.41) is 0. The van der Waals surface area contributed by atoms with E-state index in [0.717, 1.165) is 18.2 Å². The van der Waals surface area contributed by atoms with Gasteiger partial charge in [0.2, 0.25) is 0 Å². The van der Waals surface area contributed by atoms with Crippen molar-refractivity contribution in [3.05, 3.63) is 59.7 Å². The Bertz CT molecular complexity index is 878. The molecular weight excluding hydrogens is 366 g/mol. The largest absolute Gasteiger partial charge is 0.496 e. The van der Waals surface area contributed by atoms with E-state index in [1.54, 1.807) is 48.4 Å². The first-order valence-corrected chi connectivity index (χ1v) is 10.5. The second kappa shape index (κ2) is 8.90. The zero-order valence-electron chi connectivity index (χ0n) is 16.0. The van der Waals surface area contributed by atoms with E-state index in [4.69, 9.17) is 8.92 Å². The monoisotopic (exact) mass is 391 g/mol. The number of amides is 1. The summed E-state index contributed by atoms with van der Waals surface area (Å²) < 4.78 is 32.6. The molecule has 0 heterocycles. The van der Waals surface area contributed by atoms with E-state index in [9.17, 15) is 13.2 Å². The lowest BCUT2D eigenvalue weighted by atomic mass is 10.1. The Labute approximate surface area is 160 Å². The maximum Gasteiger partial charge on any atom is 0.306 e. The van der Waals surface area contributed by atoms with E-state index in [1.165, 1.54) is 0 Å². The first-order valence-electron chi connectivity index (χ1n) is 8.67. The quantitative estimate of drug-likeness (QED) is 0.644. The minimum atomic E-state index is -3.57. The summed E-state index contributed by atoms with van der Waals surface area (Å²) in [5.41, 5.74) is 1.39. The highest BCUT2D eigenvalue weighted by Gasteiger charge is 2.23. The van der Waals surface area contributed by atoms with Crippen molar-refractivity contribution in [3.8, 4) is 11.5 Å². The third-order valence-corrected chi connectivity index (χ3v) is 4.74. The molecule has 2 rings (SSSR count). The Morgan fingerprint density at radius 3 is 2.30 bits per heavy atom. The normalized spacial score (nSPS) is 12.3. The topological polar surface area (TPSA) is 72.9 Å². The fourth-order valence-corrected chi connectivity index (χ4v) is 3.11. The molecule has 1 amide bonds. The molecule has 6 nitrogen and oxygen atoms in total. The fraction of sp³-hybridized carbons (Fsp3) is 0.350. The molecule has 0 aliphatic rings. The van der Waals surface area contributed by atoms with E-state index in [2.05, 4.69) is 0 Å². The Morgan fingerprint density at radius 1 is 1.11 bits per heavy atom. The van der Waals surface area contributed by atoms with Crippen LogP contribution in [0.1, 0.15) is 36.2 Å². The Morgan fingerprint density at radius 2 is 1.74 bits per heavy atom. The van der Waals surface area contributed by atoms with Gasteiger partial charge in [-0.3, -0.25) is 4.79 Å². The van der Waals surface area contributed by atoms with Crippen LogP contribution in [-0.4, -0.2) is 38.6 Å². The number of methoxy groups -OCH3 is 1. The van der Waals surface area contributed by atoms with Gasteiger partial charge >= 0.3 is 10.1 Å². The zero-order chi connectivity index (χ0) is 20.0. The van der Waals surface area contributed by atoms with Gasteiger partial charge in [0.15, 0.2) is 0 Å². The maximum absolute atomic E-state index is 13.1. The first kappa shape index (κ1) is 20.8. The molecule has 2 aromatic carbocycles. The number of hydrogen-bond donors (Lipinski definition) is 0. The van der Waals surface area contributed by atoms with Crippen molar-refractivity contribution < 1.29 is 22.1 Å². The second-order valence-electron chi connectivity index (χ2n) is 6.32. The maximum atomic E-state index is 13.1. The van der Waals surface area contributed by atoms with Gasteiger partial charge in [0.1, 0.15) is 11.5 Å². The van der Waals surface area contributed by atoms with E-state index < -0.39 is 10.1 Å². The van der Waals surface area contributed by atoms with Crippen molar-refractivity contribution in [2.75, 3.05) is 13.4 Å². The van der Waals surface area contributed by atoms with Crippen LogP contribution in [0.4, 0.5) is 0 Å². The number of nitrogens with zero attached hydrogens (tertiary/aromatic N) is 1. The summed E-state index contributed by atoms with van der Waals surface area (Å²) in [6.07, 6.45) is 1.80. The van der Waals surface area contributed by atoms with E-state index >= 15 is 0 Å². The predicted molar refractivity (Wildman–Crippen MR) is 105 cm³/mol. The molecule has 0 saturated heterocycles. The number of carbonyl (C=O) groups is 1. The lowest BCUT2D eigenvalue weighted by Crippen LogP contribution is -2.38. The van der Waals surface area contributed by atoms with Gasteiger partial charge in [-0.15, -0.1) is 0 Å². The molecule has 7 heteroatoms. The summed E-state index contributed by atoms with van der Waals surface area (Å²) in [7, 11) is -2.02. The van der Waals surface area contributed by atoms with Gasteiger partial charge in [-0.05, 0) is 43.2 Å². The van der Waals surface area contributed by atoms with Crippen molar-refractivity contribution in [2.24, 2.45) is 0 Å². The average Bonchev–Trinajstić information content (AvgIpc) is 2.65. The molecule has 1 atom stereocenters. The van der Waals surface area contributed by atoms with Gasteiger partial charge < -0.3 is 13.8 Å². The van der Waals surface area contributed by atoms with E-state index in [-0.39, 0.29) is 17.7 Å². The number of benzene rings is 2. The average molecular weight is 391 g/mol. The van der Waals surface area contributed by atoms with E-state index in [0.29, 0.717) is 17.9 Å². The molecular formula is C20H25NO5S. The van der Waals surface area contributed by atoms with Crippen LogP contribution in [0.3, 0.4) is 0 Å². The lowest BCUT2D eigenvalue weighted by Gasteiger charge is -2.29. The molecule has 0 radical (unpaired) electrons. The highest BCUT2D eigenvalue weighted by Crippen LogP contribution is 2.23. The number of para-hydroxylation sites is 1. The van der Waals surface area contributed by atoms with Crippen LogP contribution in [-0.2, 0) is 16.7 Å². The van der Waals surface area contributed by atoms with Crippen LogP contribution in [0.15, 0.2) is 48.5 Å². The van der Waals surface area contributed by atoms with Crippen molar-refractivity contribution in [2.45, 2.75) is 32.9 Å². The number of hydrogen-bond acceptors (Lipinski definition) is 5. The lowest BCUT2D eigenvalue weighted by molar-refractivity contribution is 0.0668. The Hall–Kier alpha value is -2.54. The summed E-state index contributed by atoms with van der Waals surface area (Å²) in [6.45, 7) is 4.41. The molecule has 0 bridgehead atoms. The summed E-state index contributed by atoms with van der Waals surface area (Å²) in [6, 6.07) is 13.8. The highest BCUT2D eigenvalue weighted by atomic mass is 32.2. The molecule has 0 N–H and O–H groups in total. The number of rotatable bonds is 8. The molecule has 0 aromatic heterocycles. The summed E-state index contributed by atoms with van der Waals surface area (Å²) >= 11 is 0. The number of carbonyl (C=O) groups excluding carboxylic acids is 1. The van der Waals surface area contributed by atoms with Gasteiger partial charge in [-0.2, -0.15) is 8.42 Å². The fourth-order valence-electron chi connectivity index (χ4n) is 2.65. The van der Waals surface area contributed by atoms with Gasteiger partial charge in [-0.25, -0.2) is 0 Å². The molecule has 2 aromatic rings. The molecule has 0 fully saturated rings. The molecule has 0 aliphatic carbocycles. The van der Waals surface area contributed by atoms with Crippen molar-refractivity contribution in [3.63, 3.8) is 0 Å². The zero-order valence-corrected chi connectivity index (χ0v) is 16.8. The molecule has 0 unspecified atom stereocenters. The van der Waals surface area contributed by atoms with Crippen LogP contribution >= 0.6 is 0 Å². The van der Waals surface area contributed by atoms with Gasteiger partial charge in [0, 0.05) is 12.6 Å². The molecule has 0 saturated carbocycles. The van der Waals surface area contributed by atoms with Gasteiger partial charge in [-0.1, -0.05) is 31.2 Å². The minimum Gasteiger partial charge on any atom is -0.496 e. The standard InChI is InChI=1S/C20H25NO5S/c1-5-15(2)21(20(22)18-8-6-7-9-19(18)25-3)14-16-10-12-17(13-11-16)26-27(4,23)24/h6-13,15H,5,14H2,1-4H3/t15-/m0/s1. The van der Waals surface area contributed by atoms with Crippen molar-refractivity contribution in [1.29, 1.82) is 0 Å². The van der Waals surface area contributed by atoms with Crippen LogP contribution in [0.5, 0.6) is 11.5 Å². The van der Waals surface area contributed by atoms with Crippen LogP contribution < -0.4 is 8.92 Å². The predicted octanol–water partition coefficient (Wildman–Crippen LogP) is 3.47. The molecule has 146 valence electrons. The Kier molecular flexibility index (Phi) is 6.85. The summed E-state index contributed by atoms with van der Waals surface area (Å²) in [4.78, 5) is 14.9. The smallest absolute Gasteiger partial charge is 0.306 e.